The van der Waals surface area contributed by atoms with Gasteiger partial charge in [-0.2, -0.15) is 0 Å². The van der Waals surface area contributed by atoms with Crippen molar-refractivity contribution < 1.29 is 34.0 Å². The predicted molar refractivity (Wildman–Crippen MR) is 64.1 cm³/mol. The van der Waals surface area contributed by atoms with Gasteiger partial charge in [0.25, 0.3) is 0 Å². The Balaban J connectivity index is 3.47. The summed E-state index contributed by atoms with van der Waals surface area (Å²) >= 11 is 0. The van der Waals surface area contributed by atoms with Crippen LogP contribution in [0.1, 0.15) is 11.5 Å². The zero-order chi connectivity index (χ0) is 14.6. The van der Waals surface area contributed by atoms with Crippen molar-refractivity contribution >= 4 is 11.9 Å². The summed E-state index contributed by atoms with van der Waals surface area (Å²) in [5, 5.41) is 18.0. The molecule has 104 valence electrons. The second-order valence-electron chi connectivity index (χ2n) is 3.56. The molecule has 7 heteroatoms. The van der Waals surface area contributed by atoms with Crippen molar-refractivity contribution in [2.75, 3.05) is 21.3 Å². The third-order valence-electron chi connectivity index (χ3n) is 2.54. The third kappa shape index (κ3) is 2.87. The number of carboxylic acids is 2. The summed E-state index contributed by atoms with van der Waals surface area (Å²) in [5.74, 6) is -4.07. The quantitative estimate of drug-likeness (QED) is 0.742. The lowest BCUT2D eigenvalue weighted by Crippen LogP contribution is -2.21. The summed E-state index contributed by atoms with van der Waals surface area (Å²) in [5.41, 5.74) is -0.0137. The van der Waals surface area contributed by atoms with Crippen molar-refractivity contribution in [3.8, 4) is 17.2 Å². The average molecular weight is 270 g/mol. The summed E-state index contributed by atoms with van der Waals surface area (Å²) in [6.45, 7) is 0. The van der Waals surface area contributed by atoms with Crippen molar-refractivity contribution in [3.05, 3.63) is 17.7 Å². The van der Waals surface area contributed by atoms with Crippen LogP contribution < -0.4 is 14.2 Å². The largest absolute Gasteiger partial charge is 0.496 e. The molecule has 0 aliphatic carbocycles. The van der Waals surface area contributed by atoms with E-state index in [-0.39, 0.29) is 17.1 Å². The maximum Gasteiger partial charge on any atom is 0.322 e. The first-order valence-corrected chi connectivity index (χ1v) is 5.21. The van der Waals surface area contributed by atoms with Gasteiger partial charge in [-0.05, 0) is 6.07 Å². The van der Waals surface area contributed by atoms with Gasteiger partial charge in [-0.25, -0.2) is 0 Å². The van der Waals surface area contributed by atoms with Crippen molar-refractivity contribution in [2.45, 2.75) is 5.92 Å². The lowest BCUT2D eigenvalue weighted by molar-refractivity contribution is -0.150. The van der Waals surface area contributed by atoms with Crippen LogP contribution >= 0.6 is 0 Å². The number of hydrogen-bond donors (Lipinski definition) is 2. The topological polar surface area (TPSA) is 102 Å². The fourth-order valence-corrected chi connectivity index (χ4v) is 1.65. The second-order valence-corrected chi connectivity index (χ2v) is 3.56. The van der Waals surface area contributed by atoms with E-state index in [1.807, 2.05) is 0 Å². The zero-order valence-corrected chi connectivity index (χ0v) is 10.7. The maximum absolute atomic E-state index is 11.1. The van der Waals surface area contributed by atoms with E-state index in [0.717, 1.165) is 0 Å². The highest BCUT2D eigenvalue weighted by atomic mass is 16.5. The minimum absolute atomic E-state index is 0.0137. The van der Waals surface area contributed by atoms with Gasteiger partial charge >= 0.3 is 11.9 Å². The minimum Gasteiger partial charge on any atom is -0.496 e. The van der Waals surface area contributed by atoms with Gasteiger partial charge in [0.2, 0.25) is 0 Å². The molecule has 2 N–H and O–H groups in total. The van der Waals surface area contributed by atoms with Crippen LogP contribution in [0.15, 0.2) is 12.1 Å². The second kappa shape index (κ2) is 5.94. The predicted octanol–water partition coefficient (Wildman–Crippen LogP) is 0.965. The highest BCUT2D eigenvalue weighted by Gasteiger charge is 2.32. The Hall–Kier alpha value is -2.44. The molecule has 0 saturated heterocycles. The van der Waals surface area contributed by atoms with Crippen LogP contribution in [0.4, 0.5) is 0 Å². The molecule has 0 unspecified atom stereocenters. The lowest BCUT2D eigenvalue weighted by atomic mass is 9.97. The Morgan fingerprint density at radius 1 is 0.895 bits per heavy atom. The van der Waals surface area contributed by atoms with Gasteiger partial charge in [0.1, 0.15) is 5.75 Å². The molecule has 0 heterocycles. The molecular weight excluding hydrogens is 256 g/mol. The SMILES string of the molecule is COc1cc(OC)c(C(C(=O)O)C(=O)O)cc1OC. The number of ether oxygens (including phenoxy) is 3. The van der Waals surface area contributed by atoms with E-state index in [4.69, 9.17) is 24.4 Å². The van der Waals surface area contributed by atoms with E-state index in [9.17, 15) is 9.59 Å². The van der Waals surface area contributed by atoms with Crippen LogP contribution in [0.3, 0.4) is 0 Å². The van der Waals surface area contributed by atoms with Gasteiger partial charge < -0.3 is 24.4 Å². The van der Waals surface area contributed by atoms with Gasteiger partial charge in [0.15, 0.2) is 17.4 Å². The zero-order valence-electron chi connectivity index (χ0n) is 10.7. The van der Waals surface area contributed by atoms with Crippen LogP contribution in [0.5, 0.6) is 17.2 Å². The highest BCUT2D eigenvalue weighted by Crippen LogP contribution is 2.38. The molecule has 0 radical (unpaired) electrons. The summed E-state index contributed by atoms with van der Waals surface area (Å²) in [7, 11) is 4.08. The maximum atomic E-state index is 11.1. The highest BCUT2D eigenvalue weighted by molar-refractivity contribution is 5.99. The molecule has 0 aliphatic rings. The Morgan fingerprint density at radius 3 is 1.68 bits per heavy atom. The average Bonchev–Trinajstić information content (AvgIpc) is 2.37. The van der Waals surface area contributed by atoms with E-state index in [1.165, 1.54) is 33.5 Å². The molecule has 19 heavy (non-hydrogen) atoms. The number of carboxylic acid groups (broad SMARTS) is 2. The Bertz CT molecular complexity index is 481. The van der Waals surface area contributed by atoms with E-state index in [2.05, 4.69) is 0 Å². The Morgan fingerprint density at radius 2 is 1.32 bits per heavy atom. The number of rotatable bonds is 6. The number of methoxy groups -OCH3 is 3. The molecule has 1 aromatic rings. The lowest BCUT2D eigenvalue weighted by Gasteiger charge is -2.16. The molecule has 0 atom stereocenters. The van der Waals surface area contributed by atoms with Crippen LogP contribution in [-0.2, 0) is 9.59 Å². The molecule has 0 bridgehead atoms. The molecule has 0 fully saturated rings. The summed E-state index contributed by atoms with van der Waals surface area (Å²) in [6.07, 6.45) is 0. The van der Waals surface area contributed by atoms with E-state index < -0.39 is 17.9 Å². The van der Waals surface area contributed by atoms with E-state index >= 15 is 0 Å². The number of hydrogen-bond acceptors (Lipinski definition) is 5. The number of aliphatic carboxylic acids is 2. The van der Waals surface area contributed by atoms with Crippen molar-refractivity contribution in [2.24, 2.45) is 0 Å². The molecule has 0 saturated carbocycles. The first-order chi connectivity index (χ1) is 8.96. The summed E-state index contributed by atoms with van der Waals surface area (Å²) in [6, 6.07) is 2.66. The molecular formula is C12H14O7. The normalized spacial score (nSPS) is 10.1. The molecule has 0 aromatic heterocycles. The number of benzene rings is 1. The number of carbonyl (C=O) groups is 2. The molecule has 7 nitrogen and oxygen atoms in total. The van der Waals surface area contributed by atoms with Crippen molar-refractivity contribution in [1.29, 1.82) is 0 Å². The van der Waals surface area contributed by atoms with Gasteiger partial charge in [-0.1, -0.05) is 0 Å². The molecule has 0 amide bonds. The smallest absolute Gasteiger partial charge is 0.322 e. The molecule has 0 aliphatic heterocycles. The minimum atomic E-state index is -1.74. The van der Waals surface area contributed by atoms with Gasteiger partial charge in [0.05, 0.1) is 21.3 Å². The summed E-state index contributed by atoms with van der Waals surface area (Å²) in [4.78, 5) is 22.1. The van der Waals surface area contributed by atoms with E-state index in [1.54, 1.807) is 0 Å². The molecule has 1 aromatic carbocycles. The standard InChI is InChI=1S/C12H14O7/c1-17-7-5-9(19-3)8(18-2)4-6(7)10(11(13)14)12(15)16/h4-5,10H,1-3H3,(H,13,14)(H,15,16). The van der Waals surface area contributed by atoms with Gasteiger partial charge in [-0.3, -0.25) is 9.59 Å². The fourth-order valence-electron chi connectivity index (χ4n) is 1.65. The van der Waals surface area contributed by atoms with Crippen LogP contribution in [-0.4, -0.2) is 43.5 Å². The van der Waals surface area contributed by atoms with Gasteiger partial charge in [0, 0.05) is 11.6 Å². The first kappa shape index (κ1) is 14.6. The Kier molecular flexibility index (Phi) is 4.57. The monoisotopic (exact) mass is 270 g/mol. The first-order valence-electron chi connectivity index (χ1n) is 5.21. The Labute approximate surface area is 109 Å². The molecule has 1 rings (SSSR count). The van der Waals surface area contributed by atoms with Crippen LogP contribution in [0.2, 0.25) is 0 Å². The van der Waals surface area contributed by atoms with E-state index in [0.29, 0.717) is 5.75 Å². The van der Waals surface area contributed by atoms with Crippen molar-refractivity contribution in [3.63, 3.8) is 0 Å². The summed E-state index contributed by atoms with van der Waals surface area (Å²) < 4.78 is 15.1. The molecule has 0 spiro atoms. The van der Waals surface area contributed by atoms with Crippen LogP contribution in [0.25, 0.3) is 0 Å². The third-order valence-corrected chi connectivity index (χ3v) is 2.54. The van der Waals surface area contributed by atoms with Crippen molar-refractivity contribution in [1.82, 2.24) is 0 Å². The fraction of sp³-hybridized carbons (Fsp3) is 0.333. The van der Waals surface area contributed by atoms with Gasteiger partial charge in [-0.15, -0.1) is 0 Å². The van der Waals surface area contributed by atoms with Crippen LogP contribution in [0, 0.1) is 0 Å².